The van der Waals surface area contributed by atoms with Gasteiger partial charge in [0.25, 0.3) is 11.8 Å². The van der Waals surface area contributed by atoms with Crippen LogP contribution < -0.4 is 5.32 Å². The summed E-state index contributed by atoms with van der Waals surface area (Å²) in [5, 5.41) is 12.3. The molecule has 3 aromatic rings. The largest absolute Gasteiger partial charge is 0.385 e. The van der Waals surface area contributed by atoms with E-state index >= 15 is 0 Å². The number of sulfonamides is 1. The lowest BCUT2D eigenvalue weighted by Gasteiger charge is -2.31. The van der Waals surface area contributed by atoms with Crippen molar-refractivity contribution >= 4 is 44.3 Å². The average Bonchev–Trinajstić information content (AvgIpc) is 3.25. The highest BCUT2D eigenvalue weighted by atomic mass is 35.5. The molecule has 4 rings (SSSR count). The van der Waals surface area contributed by atoms with Gasteiger partial charge in [0.2, 0.25) is 10.0 Å². The van der Waals surface area contributed by atoms with Crippen molar-refractivity contribution in [3.05, 3.63) is 53.1 Å². The predicted molar refractivity (Wildman–Crippen MR) is 119 cm³/mol. The molecule has 3 N–H and O–H groups in total. The number of aliphatic hydroxyl groups is 1. The van der Waals surface area contributed by atoms with E-state index in [1.807, 2.05) is 0 Å². The van der Waals surface area contributed by atoms with Gasteiger partial charge in [0.05, 0.1) is 16.9 Å². The summed E-state index contributed by atoms with van der Waals surface area (Å²) in [6, 6.07) is 6.01. The van der Waals surface area contributed by atoms with E-state index in [2.05, 4.69) is 15.3 Å². The molecule has 0 radical (unpaired) electrons. The number of aromatic nitrogens is 2. The van der Waals surface area contributed by atoms with Crippen molar-refractivity contribution in [2.75, 3.05) is 18.4 Å². The maximum atomic E-state index is 14.1. The van der Waals surface area contributed by atoms with E-state index in [4.69, 9.17) is 11.6 Å². The molecule has 1 amide bonds. The summed E-state index contributed by atoms with van der Waals surface area (Å²) in [5.41, 5.74) is 0.347. The van der Waals surface area contributed by atoms with Crippen LogP contribution in [0.15, 0.2) is 41.6 Å². The number of amides is 1. The number of carbonyl (C=O) groups excluding carboxylic acids is 1. The molecule has 1 atom stereocenters. The molecule has 13 heteroatoms. The first-order chi connectivity index (χ1) is 16.0. The maximum Gasteiger partial charge on any atom is 0.274 e. The van der Waals surface area contributed by atoms with Crippen LogP contribution >= 0.6 is 11.6 Å². The molecule has 1 aliphatic heterocycles. The molecular weight excluding hydrogens is 497 g/mol. The molecule has 0 aliphatic carbocycles. The standard InChI is InChI=1S/C21H20ClF3N4O4S/c22-14-9-13(3-4-15(14)23)28-20(31)12-7-16-19(27-11-26-16)17(8-12)34(32,33)29-6-2-1-5-21(24,25)18(30)10-29/h3-4,7-9,11,18,30H,1-2,5-6,10H2,(H,26,27)(H,28,31). The van der Waals surface area contributed by atoms with E-state index in [0.717, 1.165) is 16.4 Å². The van der Waals surface area contributed by atoms with Crippen molar-refractivity contribution in [2.45, 2.75) is 36.2 Å². The number of β-amino-alcohol motifs (C(OH)–C–C–N with tert-alkyl or cyclic N) is 1. The summed E-state index contributed by atoms with van der Waals surface area (Å²) in [5.74, 6) is -4.81. The lowest BCUT2D eigenvalue weighted by molar-refractivity contribution is -0.122. The van der Waals surface area contributed by atoms with Gasteiger partial charge in [-0.2, -0.15) is 4.31 Å². The molecule has 1 saturated heterocycles. The molecule has 1 fully saturated rings. The summed E-state index contributed by atoms with van der Waals surface area (Å²) in [6.45, 7) is -0.877. The Morgan fingerprint density at radius 2 is 2.03 bits per heavy atom. The minimum atomic E-state index is -4.42. The van der Waals surface area contributed by atoms with E-state index in [9.17, 15) is 31.5 Å². The fourth-order valence-electron chi connectivity index (χ4n) is 3.71. The monoisotopic (exact) mass is 516 g/mol. The number of benzene rings is 2. The second-order valence-electron chi connectivity index (χ2n) is 7.95. The lowest BCUT2D eigenvalue weighted by atomic mass is 10.0. The number of fused-ring (bicyclic) bond motifs is 1. The number of nitrogens with zero attached hydrogens (tertiary/aromatic N) is 2. The van der Waals surface area contributed by atoms with Gasteiger partial charge in [-0.15, -0.1) is 0 Å². The first kappa shape index (κ1) is 24.5. The number of H-pyrrole nitrogens is 1. The first-order valence-corrected chi connectivity index (χ1v) is 12.1. The number of aliphatic hydroxyl groups excluding tert-OH is 1. The van der Waals surface area contributed by atoms with E-state index in [1.165, 1.54) is 24.5 Å². The molecule has 8 nitrogen and oxygen atoms in total. The SMILES string of the molecule is O=C(Nc1ccc(F)c(Cl)c1)c1cc(S(=O)(=O)N2CCCCC(F)(F)C(O)C2)c2nc[nH]c2c1. The van der Waals surface area contributed by atoms with Crippen molar-refractivity contribution < 1.29 is 31.5 Å². The van der Waals surface area contributed by atoms with E-state index in [1.54, 1.807) is 0 Å². The average molecular weight is 517 g/mol. The van der Waals surface area contributed by atoms with Crippen LogP contribution in [0.25, 0.3) is 11.0 Å². The molecule has 0 bridgehead atoms. The lowest BCUT2D eigenvalue weighted by Crippen LogP contribution is -2.47. The molecule has 0 spiro atoms. The number of imidazole rings is 1. The summed E-state index contributed by atoms with van der Waals surface area (Å²) in [7, 11) is -4.42. The van der Waals surface area contributed by atoms with Crippen molar-refractivity contribution in [1.82, 2.24) is 14.3 Å². The Balaban J connectivity index is 1.71. The molecule has 1 aromatic heterocycles. The molecule has 2 aromatic carbocycles. The molecular formula is C21H20ClF3N4O4S. The van der Waals surface area contributed by atoms with Crippen molar-refractivity contribution in [3.63, 3.8) is 0 Å². The molecule has 2 heterocycles. The summed E-state index contributed by atoms with van der Waals surface area (Å²) < 4.78 is 69.2. The van der Waals surface area contributed by atoms with Gasteiger partial charge in [-0.1, -0.05) is 11.6 Å². The molecule has 34 heavy (non-hydrogen) atoms. The third kappa shape index (κ3) is 4.76. The van der Waals surface area contributed by atoms with Crippen LogP contribution in [-0.2, 0) is 10.0 Å². The Kier molecular flexibility index (Phi) is 6.60. The van der Waals surface area contributed by atoms with Crippen LogP contribution in [0.3, 0.4) is 0 Å². The van der Waals surface area contributed by atoms with Gasteiger partial charge in [0, 0.05) is 30.8 Å². The number of anilines is 1. The fraction of sp³-hybridized carbons (Fsp3) is 0.333. The Morgan fingerprint density at radius 1 is 1.26 bits per heavy atom. The van der Waals surface area contributed by atoms with Crippen LogP contribution in [0, 0.1) is 5.82 Å². The third-order valence-electron chi connectivity index (χ3n) is 5.58. The Bertz CT molecular complexity index is 1350. The van der Waals surface area contributed by atoms with Crippen molar-refractivity contribution in [1.29, 1.82) is 0 Å². The Morgan fingerprint density at radius 3 is 2.76 bits per heavy atom. The van der Waals surface area contributed by atoms with E-state index < -0.39 is 46.7 Å². The highest BCUT2D eigenvalue weighted by Gasteiger charge is 2.42. The van der Waals surface area contributed by atoms with Crippen LogP contribution in [-0.4, -0.2) is 58.8 Å². The van der Waals surface area contributed by atoms with Crippen molar-refractivity contribution in [2.24, 2.45) is 0 Å². The summed E-state index contributed by atoms with van der Waals surface area (Å²) in [6.07, 6.45) is -1.25. The molecule has 182 valence electrons. The van der Waals surface area contributed by atoms with E-state index in [0.29, 0.717) is 0 Å². The van der Waals surface area contributed by atoms with Gasteiger partial charge in [-0.25, -0.2) is 26.6 Å². The Hall–Kier alpha value is -2.67. The molecule has 1 unspecified atom stereocenters. The van der Waals surface area contributed by atoms with Crippen LogP contribution in [0.2, 0.25) is 5.02 Å². The topological polar surface area (TPSA) is 115 Å². The Labute approximate surface area is 197 Å². The van der Waals surface area contributed by atoms with Crippen molar-refractivity contribution in [3.8, 4) is 0 Å². The number of halogens is 4. The van der Waals surface area contributed by atoms with Gasteiger partial charge in [-0.05, 0) is 43.2 Å². The van der Waals surface area contributed by atoms with Gasteiger partial charge >= 0.3 is 0 Å². The zero-order valence-electron chi connectivity index (χ0n) is 17.6. The number of alkyl halides is 2. The van der Waals surface area contributed by atoms with Gasteiger partial charge in [0.1, 0.15) is 22.3 Å². The van der Waals surface area contributed by atoms with E-state index in [-0.39, 0.29) is 51.6 Å². The fourth-order valence-corrected chi connectivity index (χ4v) is 5.56. The number of hydrogen-bond donors (Lipinski definition) is 3. The smallest absolute Gasteiger partial charge is 0.274 e. The normalized spacial score (nSPS) is 19.5. The second kappa shape index (κ2) is 9.17. The number of rotatable bonds is 4. The molecule has 0 saturated carbocycles. The first-order valence-electron chi connectivity index (χ1n) is 10.3. The number of carbonyl (C=O) groups is 1. The van der Waals surface area contributed by atoms with Gasteiger partial charge in [-0.3, -0.25) is 4.79 Å². The maximum absolute atomic E-state index is 14.1. The van der Waals surface area contributed by atoms with Crippen LogP contribution in [0.5, 0.6) is 0 Å². The zero-order valence-corrected chi connectivity index (χ0v) is 19.1. The highest BCUT2D eigenvalue weighted by Crippen LogP contribution is 2.32. The molecule has 1 aliphatic rings. The third-order valence-corrected chi connectivity index (χ3v) is 7.75. The second-order valence-corrected chi connectivity index (χ2v) is 10.3. The predicted octanol–water partition coefficient (Wildman–Crippen LogP) is 3.78. The van der Waals surface area contributed by atoms with Gasteiger partial charge < -0.3 is 15.4 Å². The van der Waals surface area contributed by atoms with Crippen LogP contribution in [0.4, 0.5) is 18.9 Å². The van der Waals surface area contributed by atoms with Crippen LogP contribution in [0.1, 0.15) is 29.6 Å². The summed E-state index contributed by atoms with van der Waals surface area (Å²) in [4.78, 5) is 19.2. The minimum Gasteiger partial charge on any atom is -0.385 e. The highest BCUT2D eigenvalue weighted by molar-refractivity contribution is 7.89. The number of nitrogens with one attached hydrogen (secondary N) is 2. The minimum absolute atomic E-state index is 0.0182. The quantitative estimate of drug-likeness (QED) is 0.488. The number of aromatic amines is 1. The van der Waals surface area contributed by atoms with Gasteiger partial charge in [0.15, 0.2) is 0 Å². The number of hydrogen-bond acceptors (Lipinski definition) is 5. The zero-order chi connectivity index (χ0) is 24.7. The summed E-state index contributed by atoms with van der Waals surface area (Å²) >= 11 is 5.74.